The van der Waals surface area contributed by atoms with Crippen molar-refractivity contribution in [3.05, 3.63) is 22.2 Å². The summed E-state index contributed by atoms with van der Waals surface area (Å²) in [6, 6.07) is 4.21. The molecule has 1 unspecified atom stereocenters. The predicted molar refractivity (Wildman–Crippen MR) is 88.0 cm³/mol. The van der Waals surface area contributed by atoms with Gasteiger partial charge in [-0.05, 0) is 36.5 Å². The molecule has 0 amide bonds. The number of ether oxygens (including phenoxy) is 2. The fraction of sp³-hybridized carbons (Fsp3) is 0.625. The van der Waals surface area contributed by atoms with Gasteiger partial charge in [0.05, 0.1) is 13.2 Å². The molecule has 1 saturated carbocycles. The number of fused-ring (bicyclic) bond motifs is 1. The number of halogens is 2. The summed E-state index contributed by atoms with van der Waals surface area (Å²) < 4.78 is 12.7. The van der Waals surface area contributed by atoms with Gasteiger partial charge in [0.2, 0.25) is 0 Å². The fourth-order valence-corrected chi connectivity index (χ4v) is 4.88. The summed E-state index contributed by atoms with van der Waals surface area (Å²) in [7, 11) is 0. The maximum atomic E-state index is 5.81. The molecule has 110 valence electrons. The van der Waals surface area contributed by atoms with Crippen LogP contribution in [0.5, 0.6) is 11.5 Å². The highest BCUT2D eigenvalue weighted by molar-refractivity contribution is 9.11. The van der Waals surface area contributed by atoms with E-state index in [1.165, 1.54) is 37.7 Å². The molecule has 1 aliphatic heterocycles. The Morgan fingerprint density at radius 2 is 1.60 bits per heavy atom. The number of alkyl halides is 1. The van der Waals surface area contributed by atoms with Crippen molar-refractivity contribution < 1.29 is 9.47 Å². The van der Waals surface area contributed by atoms with Crippen LogP contribution in [0.3, 0.4) is 0 Å². The van der Waals surface area contributed by atoms with E-state index in [4.69, 9.17) is 9.47 Å². The first kappa shape index (κ1) is 14.7. The fourth-order valence-electron chi connectivity index (χ4n) is 3.09. The van der Waals surface area contributed by atoms with Gasteiger partial charge in [0.15, 0.2) is 11.5 Å². The minimum Gasteiger partial charge on any atom is -0.490 e. The third-order valence-corrected chi connectivity index (χ3v) is 6.16. The Hall–Kier alpha value is -0.220. The zero-order chi connectivity index (χ0) is 13.9. The molecule has 20 heavy (non-hydrogen) atoms. The minimum atomic E-state index is 0.398. The molecule has 0 radical (unpaired) electrons. The Morgan fingerprint density at radius 3 is 2.30 bits per heavy atom. The van der Waals surface area contributed by atoms with Gasteiger partial charge in [-0.3, -0.25) is 0 Å². The lowest BCUT2D eigenvalue weighted by atomic mass is 9.84. The van der Waals surface area contributed by atoms with Gasteiger partial charge in [-0.15, -0.1) is 0 Å². The molecule has 1 atom stereocenters. The summed E-state index contributed by atoms with van der Waals surface area (Å²) in [6.07, 6.45) is 7.68. The third kappa shape index (κ3) is 3.16. The molecule has 0 N–H and O–H groups in total. The second kappa shape index (κ2) is 6.69. The van der Waals surface area contributed by atoms with E-state index in [1.807, 2.05) is 0 Å². The van der Waals surface area contributed by atoms with Crippen LogP contribution in [0.1, 0.15) is 48.9 Å². The Balaban J connectivity index is 1.86. The van der Waals surface area contributed by atoms with E-state index in [1.54, 1.807) is 0 Å². The van der Waals surface area contributed by atoms with E-state index in [0.717, 1.165) is 41.5 Å². The summed E-state index contributed by atoms with van der Waals surface area (Å²) in [5, 5.41) is 0. The molecule has 0 spiro atoms. The molecule has 1 aliphatic carbocycles. The minimum absolute atomic E-state index is 0.398. The highest BCUT2D eigenvalue weighted by Crippen LogP contribution is 2.46. The normalized spacial score (nSPS) is 21.3. The first-order chi connectivity index (χ1) is 9.75. The van der Waals surface area contributed by atoms with Crippen molar-refractivity contribution in [3.63, 3.8) is 0 Å². The van der Waals surface area contributed by atoms with Crippen molar-refractivity contribution in [2.24, 2.45) is 5.92 Å². The molecule has 0 saturated heterocycles. The molecular formula is C16H20Br2O2. The summed E-state index contributed by atoms with van der Waals surface area (Å²) >= 11 is 7.62. The summed E-state index contributed by atoms with van der Waals surface area (Å²) in [6.45, 7) is 1.48. The van der Waals surface area contributed by atoms with E-state index in [9.17, 15) is 0 Å². The molecule has 1 aromatic carbocycles. The molecule has 1 heterocycles. The monoisotopic (exact) mass is 402 g/mol. The Bertz CT molecular complexity index is 470. The standard InChI is InChI=1S/C16H20Br2O2/c17-13-10-15-14(19-7-4-8-20-15)9-12(13)16(18)11-5-2-1-3-6-11/h9-11,16H,1-8H2. The Morgan fingerprint density at radius 1 is 0.950 bits per heavy atom. The molecule has 2 nitrogen and oxygen atoms in total. The van der Waals surface area contributed by atoms with Crippen LogP contribution in [0.25, 0.3) is 0 Å². The largest absolute Gasteiger partial charge is 0.490 e. The van der Waals surface area contributed by atoms with E-state index < -0.39 is 0 Å². The number of rotatable bonds is 2. The van der Waals surface area contributed by atoms with Crippen LogP contribution >= 0.6 is 31.9 Å². The van der Waals surface area contributed by atoms with Crippen LogP contribution in [0, 0.1) is 5.92 Å². The average molecular weight is 404 g/mol. The van der Waals surface area contributed by atoms with Gasteiger partial charge in [0.25, 0.3) is 0 Å². The summed E-state index contributed by atoms with van der Waals surface area (Å²) in [5.41, 5.74) is 1.29. The van der Waals surface area contributed by atoms with Crippen LogP contribution in [-0.4, -0.2) is 13.2 Å². The molecule has 1 fully saturated rings. The molecule has 2 aliphatic rings. The first-order valence-electron chi connectivity index (χ1n) is 7.49. The molecule has 0 aromatic heterocycles. The van der Waals surface area contributed by atoms with Crippen molar-refractivity contribution in [1.29, 1.82) is 0 Å². The molecular weight excluding hydrogens is 384 g/mol. The van der Waals surface area contributed by atoms with E-state index >= 15 is 0 Å². The van der Waals surface area contributed by atoms with Crippen molar-refractivity contribution in [2.75, 3.05) is 13.2 Å². The van der Waals surface area contributed by atoms with Crippen LogP contribution < -0.4 is 9.47 Å². The van der Waals surface area contributed by atoms with Gasteiger partial charge in [-0.2, -0.15) is 0 Å². The second-order valence-corrected chi connectivity index (χ2v) is 7.51. The highest BCUT2D eigenvalue weighted by Gasteiger charge is 2.26. The van der Waals surface area contributed by atoms with Crippen molar-refractivity contribution in [2.45, 2.75) is 43.4 Å². The average Bonchev–Trinajstić information content (AvgIpc) is 2.71. The number of hydrogen-bond acceptors (Lipinski definition) is 2. The Kier molecular flexibility index (Phi) is 4.92. The zero-order valence-corrected chi connectivity index (χ0v) is 14.7. The van der Waals surface area contributed by atoms with Crippen molar-refractivity contribution >= 4 is 31.9 Å². The van der Waals surface area contributed by atoms with Gasteiger partial charge in [-0.25, -0.2) is 0 Å². The van der Waals surface area contributed by atoms with Gasteiger partial charge >= 0.3 is 0 Å². The first-order valence-corrected chi connectivity index (χ1v) is 9.19. The summed E-state index contributed by atoms with van der Waals surface area (Å²) in [4.78, 5) is 0.398. The van der Waals surface area contributed by atoms with Crippen molar-refractivity contribution in [3.8, 4) is 11.5 Å². The topological polar surface area (TPSA) is 18.5 Å². The van der Waals surface area contributed by atoms with Gasteiger partial charge in [-0.1, -0.05) is 51.1 Å². The third-order valence-electron chi connectivity index (χ3n) is 4.23. The van der Waals surface area contributed by atoms with Crippen molar-refractivity contribution in [1.82, 2.24) is 0 Å². The smallest absolute Gasteiger partial charge is 0.162 e. The van der Waals surface area contributed by atoms with Gasteiger partial charge in [0, 0.05) is 15.7 Å². The van der Waals surface area contributed by atoms with Crippen LogP contribution in [0.4, 0.5) is 0 Å². The van der Waals surface area contributed by atoms with E-state index in [-0.39, 0.29) is 0 Å². The number of benzene rings is 1. The second-order valence-electron chi connectivity index (χ2n) is 5.67. The van der Waals surface area contributed by atoms with Crippen LogP contribution in [-0.2, 0) is 0 Å². The zero-order valence-electron chi connectivity index (χ0n) is 11.5. The molecule has 4 heteroatoms. The van der Waals surface area contributed by atoms with E-state index in [2.05, 4.69) is 44.0 Å². The quantitative estimate of drug-likeness (QED) is 0.596. The predicted octanol–water partition coefficient (Wildman–Crippen LogP) is 5.63. The summed E-state index contributed by atoms with van der Waals surface area (Å²) in [5.74, 6) is 2.48. The highest BCUT2D eigenvalue weighted by atomic mass is 79.9. The lowest BCUT2D eigenvalue weighted by Gasteiger charge is -2.27. The maximum Gasteiger partial charge on any atom is 0.162 e. The molecule has 3 rings (SSSR count). The molecule has 0 bridgehead atoms. The Labute approximate surface area is 137 Å². The van der Waals surface area contributed by atoms with Gasteiger partial charge < -0.3 is 9.47 Å². The maximum absolute atomic E-state index is 5.81. The van der Waals surface area contributed by atoms with Gasteiger partial charge in [0.1, 0.15) is 0 Å². The lowest BCUT2D eigenvalue weighted by molar-refractivity contribution is 0.297. The number of hydrogen-bond donors (Lipinski definition) is 0. The molecule has 1 aromatic rings. The van der Waals surface area contributed by atoms with Crippen LogP contribution in [0.15, 0.2) is 16.6 Å². The SMILES string of the molecule is Brc1cc2c(cc1C(Br)C1CCCCC1)OCCCO2. The van der Waals surface area contributed by atoms with Crippen LogP contribution in [0.2, 0.25) is 0 Å². The van der Waals surface area contributed by atoms with E-state index in [0.29, 0.717) is 4.83 Å². The lowest BCUT2D eigenvalue weighted by Crippen LogP contribution is -2.12.